The van der Waals surface area contributed by atoms with E-state index >= 15 is 0 Å². The van der Waals surface area contributed by atoms with Crippen molar-refractivity contribution in [2.24, 2.45) is 5.10 Å². The van der Waals surface area contributed by atoms with Crippen LogP contribution in [0.4, 0.5) is 0 Å². The molecular formula is C20H16Br2N2O4. The Kier molecular flexibility index (Phi) is 6.21. The van der Waals surface area contributed by atoms with Crippen molar-refractivity contribution in [3.63, 3.8) is 0 Å². The van der Waals surface area contributed by atoms with Crippen LogP contribution in [0.5, 0.6) is 17.2 Å². The molecule has 0 bridgehead atoms. The van der Waals surface area contributed by atoms with Gasteiger partial charge in [0.1, 0.15) is 5.75 Å². The molecule has 3 aromatic carbocycles. The first-order valence-electron chi connectivity index (χ1n) is 8.31. The Labute approximate surface area is 178 Å². The molecule has 0 unspecified atom stereocenters. The molecule has 0 aliphatic carbocycles. The largest absolute Gasteiger partial charge is 0.507 e. The molecule has 6 nitrogen and oxygen atoms in total. The highest BCUT2D eigenvalue weighted by molar-refractivity contribution is 9.13. The van der Waals surface area contributed by atoms with Gasteiger partial charge in [-0.15, -0.1) is 0 Å². The van der Waals surface area contributed by atoms with E-state index in [1.807, 2.05) is 24.3 Å². The molecule has 3 N–H and O–H groups in total. The zero-order valence-electron chi connectivity index (χ0n) is 14.7. The van der Waals surface area contributed by atoms with Crippen LogP contribution >= 0.6 is 31.9 Å². The number of hydrogen-bond acceptors (Lipinski definition) is 5. The summed E-state index contributed by atoms with van der Waals surface area (Å²) in [6.45, 7) is 2.19. The number of hydrazone groups is 1. The average Bonchev–Trinajstić information content (AvgIpc) is 2.69. The summed E-state index contributed by atoms with van der Waals surface area (Å²) in [7, 11) is 0. The van der Waals surface area contributed by atoms with Gasteiger partial charge in [-0.25, -0.2) is 5.43 Å². The van der Waals surface area contributed by atoms with Crippen LogP contribution in [-0.2, 0) is 0 Å². The van der Waals surface area contributed by atoms with Crippen LogP contribution in [0.3, 0.4) is 0 Å². The van der Waals surface area contributed by atoms with Crippen molar-refractivity contribution < 1.29 is 19.7 Å². The van der Waals surface area contributed by atoms with Gasteiger partial charge >= 0.3 is 0 Å². The number of amides is 1. The molecule has 0 aromatic heterocycles. The zero-order chi connectivity index (χ0) is 20.3. The first kappa shape index (κ1) is 20.2. The number of benzene rings is 3. The summed E-state index contributed by atoms with van der Waals surface area (Å²) >= 11 is 6.64. The van der Waals surface area contributed by atoms with Gasteiger partial charge in [-0.3, -0.25) is 4.79 Å². The van der Waals surface area contributed by atoms with Crippen LogP contribution in [0.1, 0.15) is 22.8 Å². The number of rotatable bonds is 5. The van der Waals surface area contributed by atoms with Gasteiger partial charge in [0.05, 0.1) is 22.9 Å². The lowest BCUT2D eigenvalue weighted by atomic mass is 10.1. The molecule has 3 rings (SSSR count). The predicted molar refractivity (Wildman–Crippen MR) is 115 cm³/mol. The maximum atomic E-state index is 12.4. The van der Waals surface area contributed by atoms with Crippen molar-refractivity contribution in [2.75, 3.05) is 6.61 Å². The van der Waals surface area contributed by atoms with E-state index in [-0.39, 0.29) is 22.8 Å². The van der Waals surface area contributed by atoms with Gasteiger partial charge in [-0.2, -0.15) is 5.10 Å². The zero-order valence-corrected chi connectivity index (χ0v) is 17.9. The number of aromatic hydroxyl groups is 2. The second-order valence-electron chi connectivity index (χ2n) is 5.79. The van der Waals surface area contributed by atoms with Crippen molar-refractivity contribution in [1.29, 1.82) is 0 Å². The number of nitrogens with zero attached hydrogens (tertiary/aromatic N) is 1. The first-order valence-corrected chi connectivity index (χ1v) is 9.90. The summed E-state index contributed by atoms with van der Waals surface area (Å²) in [4.78, 5) is 12.4. The highest BCUT2D eigenvalue weighted by Crippen LogP contribution is 2.41. The number of carbonyl (C=O) groups excluding carboxylic acids is 1. The van der Waals surface area contributed by atoms with E-state index < -0.39 is 5.91 Å². The van der Waals surface area contributed by atoms with Gasteiger partial charge in [-0.1, -0.05) is 24.3 Å². The molecule has 28 heavy (non-hydrogen) atoms. The van der Waals surface area contributed by atoms with Crippen LogP contribution in [0.15, 0.2) is 56.5 Å². The second kappa shape index (κ2) is 8.62. The van der Waals surface area contributed by atoms with Gasteiger partial charge in [0.15, 0.2) is 11.5 Å². The van der Waals surface area contributed by atoms with Crippen LogP contribution in [-0.4, -0.2) is 28.9 Å². The molecule has 0 aliphatic heterocycles. The van der Waals surface area contributed by atoms with E-state index in [0.29, 0.717) is 21.1 Å². The fourth-order valence-electron chi connectivity index (χ4n) is 2.60. The third-order valence-corrected chi connectivity index (χ3v) is 6.11. The number of hydrogen-bond donors (Lipinski definition) is 3. The normalized spacial score (nSPS) is 11.1. The molecule has 0 aliphatic rings. The lowest BCUT2D eigenvalue weighted by Gasteiger charge is -2.11. The lowest BCUT2D eigenvalue weighted by molar-refractivity contribution is 0.0952. The Hall–Kier alpha value is -2.58. The molecule has 0 spiro atoms. The fourth-order valence-corrected chi connectivity index (χ4v) is 3.43. The van der Waals surface area contributed by atoms with E-state index in [1.54, 1.807) is 19.1 Å². The minimum atomic E-state index is -0.543. The van der Waals surface area contributed by atoms with Crippen LogP contribution < -0.4 is 10.2 Å². The first-order chi connectivity index (χ1) is 13.4. The molecule has 0 saturated heterocycles. The summed E-state index contributed by atoms with van der Waals surface area (Å²) in [6.07, 6.45) is 1.41. The fraction of sp³-hybridized carbons (Fsp3) is 0.100. The predicted octanol–water partition coefficient (Wildman–Crippen LogP) is 4.94. The van der Waals surface area contributed by atoms with Crippen LogP contribution in [0, 0.1) is 0 Å². The molecule has 3 aromatic rings. The Bertz CT molecular complexity index is 1080. The number of carbonyl (C=O) groups is 1. The van der Waals surface area contributed by atoms with Gasteiger partial charge in [0.2, 0.25) is 0 Å². The quantitative estimate of drug-likeness (QED) is 0.337. The average molecular weight is 508 g/mol. The van der Waals surface area contributed by atoms with Crippen molar-refractivity contribution in [3.05, 3.63) is 62.5 Å². The summed E-state index contributed by atoms with van der Waals surface area (Å²) < 4.78 is 6.35. The SMILES string of the molecule is CCOc1cc(/C=N\NC(=O)c2cc3ccccc3cc2O)c(Br)c(Br)c1O. The Morgan fingerprint density at radius 2 is 1.82 bits per heavy atom. The van der Waals surface area contributed by atoms with E-state index in [4.69, 9.17) is 4.74 Å². The van der Waals surface area contributed by atoms with E-state index in [2.05, 4.69) is 42.4 Å². The molecule has 0 radical (unpaired) electrons. The lowest BCUT2D eigenvalue weighted by Crippen LogP contribution is -2.17. The number of phenols is 2. The van der Waals surface area contributed by atoms with Gasteiger partial charge in [0.25, 0.3) is 5.91 Å². The Balaban J connectivity index is 1.83. The van der Waals surface area contributed by atoms with E-state index in [1.165, 1.54) is 12.3 Å². The summed E-state index contributed by atoms with van der Waals surface area (Å²) in [6, 6.07) is 12.2. The van der Waals surface area contributed by atoms with Crippen LogP contribution in [0.2, 0.25) is 0 Å². The van der Waals surface area contributed by atoms with Gasteiger partial charge < -0.3 is 14.9 Å². The number of fused-ring (bicyclic) bond motifs is 1. The number of nitrogens with one attached hydrogen (secondary N) is 1. The van der Waals surface area contributed by atoms with Gasteiger partial charge in [-0.05, 0) is 67.8 Å². The smallest absolute Gasteiger partial charge is 0.275 e. The summed E-state index contributed by atoms with van der Waals surface area (Å²) in [5.41, 5.74) is 3.10. The molecule has 144 valence electrons. The van der Waals surface area contributed by atoms with Crippen molar-refractivity contribution >= 4 is 54.8 Å². The molecule has 0 atom stereocenters. The number of phenolic OH excluding ortho intramolecular Hbond substituents is 2. The Morgan fingerprint density at radius 3 is 2.50 bits per heavy atom. The monoisotopic (exact) mass is 506 g/mol. The standard InChI is InChI=1S/C20H16Br2N2O4/c1-2-28-16-9-13(17(21)18(22)19(16)26)10-23-24-20(27)14-7-11-5-3-4-6-12(11)8-15(14)25/h3-10,25-26H,2H2,1H3,(H,24,27)/b23-10-. The third-order valence-electron chi connectivity index (χ3n) is 3.95. The topological polar surface area (TPSA) is 91.2 Å². The van der Waals surface area contributed by atoms with Crippen molar-refractivity contribution in [3.8, 4) is 17.2 Å². The highest BCUT2D eigenvalue weighted by Gasteiger charge is 2.15. The number of halogens is 2. The maximum absolute atomic E-state index is 12.4. The minimum absolute atomic E-state index is 0.0315. The van der Waals surface area contributed by atoms with E-state index in [0.717, 1.165) is 10.8 Å². The van der Waals surface area contributed by atoms with Crippen LogP contribution in [0.25, 0.3) is 10.8 Å². The van der Waals surface area contributed by atoms with Gasteiger partial charge in [0, 0.05) is 10.0 Å². The second-order valence-corrected chi connectivity index (χ2v) is 7.38. The Morgan fingerprint density at radius 1 is 1.14 bits per heavy atom. The minimum Gasteiger partial charge on any atom is -0.507 e. The third kappa shape index (κ3) is 4.13. The molecule has 8 heteroatoms. The number of ether oxygens (including phenoxy) is 1. The summed E-state index contributed by atoms with van der Waals surface area (Å²) in [5.74, 6) is -0.411. The molecular weight excluding hydrogens is 492 g/mol. The van der Waals surface area contributed by atoms with E-state index in [9.17, 15) is 15.0 Å². The highest BCUT2D eigenvalue weighted by atomic mass is 79.9. The van der Waals surface area contributed by atoms with Crippen molar-refractivity contribution in [1.82, 2.24) is 5.43 Å². The molecule has 1 amide bonds. The molecule has 0 heterocycles. The van der Waals surface area contributed by atoms with Crippen molar-refractivity contribution in [2.45, 2.75) is 6.92 Å². The summed E-state index contributed by atoms with van der Waals surface area (Å²) in [5, 5.41) is 25.8. The molecule has 0 saturated carbocycles. The molecule has 0 fully saturated rings. The maximum Gasteiger partial charge on any atom is 0.275 e.